The lowest BCUT2D eigenvalue weighted by molar-refractivity contribution is -0.158. The van der Waals surface area contributed by atoms with Crippen LogP contribution in [0.2, 0.25) is 0 Å². The SMILES string of the molecule is Cc1nc(COC2(F)C=CC=C(F)C2CO)cs1. The van der Waals surface area contributed by atoms with E-state index in [9.17, 15) is 8.78 Å². The minimum absolute atomic E-state index is 0.0606. The number of allylic oxidation sites excluding steroid dienone is 2. The van der Waals surface area contributed by atoms with Crippen LogP contribution in [0, 0.1) is 12.8 Å². The lowest BCUT2D eigenvalue weighted by atomic mass is 9.94. The Balaban J connectivity index is 2.07. The van der Waals surface area contributed by atoms with E-state index in [2.05, 4.69) is 4.98 Å². The Morgan fingerprint density at radius 1 is 1.61 bits per heavy atom. The van der Waals surface area contributed by atoms with Gasteiger partial charge in [-0.3, -0.25) is 0 Å². The Labute approximate surface area is 107 Å². The molecule has 0 aliphatic heterocycles. The number of aromatic nitrogens is 1. The average molecular weight is 273 g/mol. The second-order valence-corrected chi connectivity index (χ2v) is 5.05. The number of thiazole rings is 1. The minimum Gasteiger partial charge on any atom is -0.395 e. The first-order valence-corrected chi connectivity index (χ1v) is 6.33. The number of alkyl halides is 1. The van der Waals surface area contributed by atoms with Crippen LogP contribution in [0.4, 0.5) is 8.78 Å². The second-order valence-electron chi connectivity index (χ2n) is 3.99. The molecule has 18 heavy (non-hydrogen) atoms. The van der Waals surface area contributed by atoms with E-state index >= 15 is 0 Å². The van der Waals surface area contributed by atoms with Crippen molar-refractivity contribution in [1.82, 2.24) is 4.98 Å². The van der Waals surface area contributed by atoms with Crippen LogP contribution in [-0.2, 0) is 11.3 Å². The quantitative estimate of drug-likeness (QED) is 0.917. The van der Waals surface area contributed by atoms with Gasteiger partial charge in [-0.15, -0.1) is 11.3 Å². The van der Waals surface area contributed by atoms with Crippen molar-refractivity contribution in [3.63, 3.8) is 0 Å². The van der Waals surface area contributed by atoms with E-state index < -0.39 is 24.2 Å². The molecule has 3 nitrogen and oxygen atoms in total. The fraction of sp³-hybridized carbons (Fsp3) is 0.417. The summed E-state index contributed by atoms with van der Waals surface area (Å²) in [4.78, 5) is 4.13. The molecule has 1 heterocycles. The largest absolute Gasteiger partial charge is 0.395 e. The molecule has 1 aromatic heterocycles. The van der Waals surface area contributed by atoms with E-state index in [-0.39, 0.29) is 6.61 Å². The van der Waals surface area contributed by atoms with Crippen molar-refractivity contribution in [3.05, 3.63) is 40.1 Å². The third-order valence-electron chi connectivity index (χ3n) is 2.68. The number of ether oxygens (including phenoxy) is 1. The summed E-state index contributed by atoms with van der Waals surface area (Å²) in [6, 6.07) is 0. The molecule has 1 aromatic rings. The zero-order chi connectivity index (χ0) is 13.2. The Kier molecular flexibility index (Phi) is 3.89. The van der Waals surface area contributed by atoms with Crippen molar-refractivity contribution in [2.45, 2.75) is 19.4 Å². The molecule has 0 saturated heterocycles. The summed E-state index contributed by atoms with van der Waals surface area (Å²) in [5, 5.41) is 11.7. The van der Waals surface area contributed by atoms with Crippen LogP contribution in [0.25, 0.3) is 0 Å². The molecule has 0 amide bonds. The number of halogens is 2. The fourth-order valence-electron chi connectivity index (χ4n) is 1.71. The highest BCUT2D eigenvalue weighted by Gasteiger charge is 2.42. The summed E-state index contributed by atoms with van der Waals surface area (Å²) in [6.07, 6.45) is 3.47. The van der Waals surface area contributed by atoms with Gasteiger partial charge < -0.3 is 9.84 Å². The minimum atomic E-state index is -2.33. The summed E-state index contributed by atoms with van der Waals surface area (Å²) in [7, 11) is 0. The smallest absolute Gasteiger partial charge is 0.240 e. The lowest BCUT2D eigenvalue weighted by Crippen LogP contribution is -2.38. The zero-order valence-corrected chi connectivity index (χ0v) is 10.6. The van der Waals surface area contributed by atoms with Crippen LogP contribution in [0.15, 0.2) is 29.4 Å². The second kappa shape index (κ2) is 5.26. The molecule has 2 unspecified atom stereocenters. The zero-order valence-electron chi connectivity index (χ0n) is 9.77. The first kappa shape index (κ1) is 13.3. The molecule has 6 heteroatoms. The maximum absolute atomic E-state index is 14.4. The molecule has 1 aliphatic carbocycles. The summed E-state index contributed by atoms with van der Waals surface area (Å²) in [5.74, 6) is -4.37. The standard InChI is InChI=1S/C12H13F2NO2S/c1-8-15-9(7-18-8)6-17-12(14)4-2-3-11(13)10(12)5-16/h2-4,7,10,16H,5-6H2,1H3. The molecule has 0 spiro atoms. The van der Waals surface area contributed by atoms with Gasteiger partial charge in [0.15, 0.2) is 0 Å². The maximum atomic E-state index is 14.4. The van der Waals surface area contributed by atoms with Crippen molar-refractivity contribution in [2.24, 2.45) is 5.92 Å². The molecule has 0 fully saturated rings. The Morgan fingerprint density at radius 2 is 2.39 bits per heavy atom. The highest BCUT2D eigenvalue weighted by Crippen LogP contribution is 2.35. The van der Waals surface area contributed by atoms with Crippen LogP contribution >= 0.6 is 11.3 Å². The summed E-state index contributed by atoms with van der Waals surface area (Å²) in [6.45, 7) is 1.12. The molecule has 0 saturated carbocycles. The molecule has 0 aromatic carbocycles. The van der Waals surface area contributed by atoms with Gasteiger partial charge in [-0.05, 0) is 19.1 Å². The number of aliphatic hydroxyl groups is 1. The topological polar surface area (TPSA) is 42.4 Å². The molecule has 1 N–H and O–H groups in total. The van der Waals surface area contributed by atoms with Crippen LogP contribution in [-0.4, -0.2) is 22.6 Å². The van der Waals surface area contributed by atoms with Gasteiger partial charge in [-0.25, -0.2) is 13.8 Å². The molecule has 0 radical (unpaired) electrons. The van der Waals surface area contributed by atoms with E-state index in [0.29, 0.717) is 5.69 Å². The highest BCUT2D eigenvalue weighted by atomic mass is 32.1. The third kappa shape index (κ3) is 2.66. The molecule has 0 bridgehead atoms. The van der Waals surface area contributed by atoms with Crippen molar-refractivity contribution in [1.29, 1.82) is 0 Å². The van der Waals surface area contributed by atoms with Crippen molar-refractivity contribution in [3.8, 4) is 0 Å². The normalized spacial score (nSPS) is 27.3. The van der Waals surface area contributed by atoms with E-state index in [1.165, 1.54) is 17.4 Å². The van der Waals surface area contributed by atoms with E-state index in [0.717, 1.165) is 17.2 Å². The van der Waals surface area contributed by atoms with Crippen molar-refractivity contribution in [2.75, 3.05) is 6.61 Å². The van der Waals surface area contributed by atoms with Gasteiger partial charge >= 0.3 is 0 Å². The molecule has 2 rings (SSSR count). The number of rotatable bonds is 4. The first-order valence-electron chi connectivity index (χ1n) is 5.45. The van der Waals surface area contributed by atoms with Gasteiger partial charge in [0.25, 0.3) is 0 Å². The van der Waals surface area contributed by atoms with Gasteiger partial charge in [0, 0.05) is 5.38 Å². The number of aryl methyl sites for hydroxylation is 1. The maximum Gasteiger partial charge on any atom is 0.240 e. The van der Waals surface area contributed by atoms with Gasteiger partial charge in [-0.2, -0.15) is 0 Å². The van der Waals surface area contributed by atoms with Crippen LogP contribution in [0.1, 0.15) is 10.7 Å². The molecular formula is C12H13F2NO2S. The molecular weight excluding hydrogens is 260 g/mol. The number of aliphatic hydroxyl groups excluding tert-OH is 1. The van der Waals surface area contributed by atoms with E-state index in [1.807, 2.05) is 6.92 Å². The Morgan fingerprint density at radius 3 is 3.00 bits per heavy atom. The number of hydrogen-bond donors (Lipinski definition) is 1. The fourth-order valence-corrected chi connectivity index (χ4v) is 2.31. The first-order chi connectivity index (χ1) is 8.55. The summed E-state index contributed by atoms with van der Waals surface area (Å²) >= 11 is 1.43. The van der Waals surface area contributed by atoms with Gasteiger partial charge in [0.2, 0.25) is 5.85 Å². The van der Waals surface area contributed by atoms with Gasteiger partial charge in [0.05, 0.1) is 29.8 Å². The third-order valence-corrected chi connectivity index (χ3v) is 3.50. The van der Waals surface area contributed by atoms with Crippen LogP contribution in [0.5, 0.6) is 0 Å². The van der Waals surface area contributed by atoms with Gasteiger partial charge in [0.1, 0.15) is 5.83 Å². The Hall–Kier alpha value is -1.11. The molecule has 98 valence electrons. The predicted octanol–water partition coefficient (Wildman–Crippen LogP) is 2.67. The van der Waals surface area contributed by atoms with Crippen LogP contribution in [0.3, 0.4) is 0 Å². The van der Waals surface area contributed by atoms with Gasteiger partial charge in [-0.1, -0.05) is 6.08 Å². The predicted molar refractivity (Wildman–Crippen MR) is 64.4 cm³/mol. The summed E-state index contributed by atoms with van der Waals surface area (Å²) in [5.41, 5.74) is 0.592. The summed E-state index contributed by atoms with van der Waals surface area (Å²) < 4.78 is 32.9. The number of hydrogen-bond acceptors (Lipinski definition) is 4. The average Bonchev–Trinajstić information content (AvgIpc) is 2.73. The van der Waals surface area contributed by atoms with Crippen molar-refractivity contribution < 1.29 is 18.6 Å². The lowest BCUT2D eigenvalue weighted by Gasteiger charge is -2.30. The highest BCUT2D eigenvalue weighted by molar-refractivity contribution is 7.09. The van der Waals surface area contributed by atoms with E-state index in [4.69, 9.17) is 9.84 Å². The van der Waals surface area contributed by atoms with Crippen LogP contribution < -0.4 is 0 Å². The monoisotopic (exact) mass is 273 g/mol. The van der Waals surface area contributed by atoms with E-state index in [1.54, 1.807) is 5.38 Å². The molecule has 2 atom stereocenters. The molecule has 1 aliphatic rings. The Bertz CT molecular complexity index is 486. The number of nitrogens with zero attached hydrogens (tertiary/aromatic N) is 1. The van der Waals surface area contributed by atoms with Crippen molar-refractivity contribution >= 4 is 11.3 Å².